The van der Waals surface area contributed by atoms with Gasteiger partial charge in [0.1, 0.15) is 11.6 Å². The molecule has 1 atom stereocenters. The largest absolute Gasteiger partial charge is 0.497 e. The van der Waals surface area contributed by atoms with Gasteiger partial charge in [0.05, 0.1) is 7.11 Å². The first-order valence-electron chi connectivity index (χ1n) is 7.59. The number of hydrogen-bond donors (Lipinski definition) is 0. The van der Waals surface area contributed by atoms with E-state index < -0.39 is 0 Å². The van der Waals surface area contributed by atoms with Gasteiger partial charge in [-0.05, 0) is 68.2 Å². The first-order valence-corrected chi connectivity index (χ1v) is 7.59. The summed E-state index contributed by atoms with van der Waals surface area (Å²) in [6, 6.07) is 15.1. The van der Waals surface area contributed by atoms with E-state index in [0.717, 1.165) is 30.7 Å². The van der Waals surface area contributed by atoms with E-state index in [-0.39, 0.29) is 5.82 Å². The molecule has 2 aromatic rings. The molecule has 2 nitrogen and oxygen atoms in total. The number of benzene rings is 2. The molecule has 2 rings (SSSR count). The second-order valence-corrected chi connectivity index (χ2v) is 6.02. The second-order valence-electron chi connectivity index (χ2n) is 6.02. The van der Waals surface area contributed by atoms with Crippen molar-refractivity contribution in [2.75, 3.05) is 27.7 Å². The first kappa shape index (κ1) is 16.5. The van der Waals surface area contributed by atoms with Crippen LogP contribution in [0.15, 0.2) is 48.5 Å². The lowest BCUT2D eigenvalue weighted by molar-refractivity contribution is 0.320. The highest BCUT2D eigenvalue weighted by Crippen LogP contribution is 2.19. The van der Waals surface area contributed by atoms with Gasteiger partial charge in [0.15, 0.2) is 0 Å². The summed E-state index contributed by atoms with van der Waals surface area (Å²) < 4.78 is 18.7. The predicted molar refractivity (Wildman–Crippen MR) is 88.8 cm³/mol. The van der Waals surface area contributed by atoms with Crippen LogP contribution in [-0.2, 0) is 12.8 Å². The molecule has 0 aromatic heterocycles. The van der Waals surface area contributed by atoms with Gasteiger partial charge in [0, 0.05) is 6.54 Å². The highest BCUT2D eigenvalue weighted by molar-refractivity contribution is 5.29. The van der Waals surface area contributed by atoms with Gasteiger partial charge in [0.25, 0.3) is 0 Å². The van der Waals surface area contributed by atoms with Gasteiger partial charge in [-0.25, -0.2) is 4.39 Å². The van der Waals surface area contributed by atoms with Crippen molar-refractivity contribution in [3.63, 3.8) is 0 Å². The molecule has 0 aliphatic heterocycles. The summed E-state index contributed by atoms with van der Waals surface area (Å²) in [4.78, 5) is 2.18. The van der Waals surface area contributed by atoms with Gasteiger partial charge >= 0.3 is 0 Å². The maximum Gasteiger partial charge on any atom is 0.123 e. The van der Waals surface area contributed by atoms with Crippen LogP contribution in [0.5, 0.6) is 5.75 Å². The van der Waals surface area contributed by atoms with Crippen molar-refractivity contribution in [3.05, 3.63) is 65.5 Å². The van der Waals surface area contributed by atoms with E-state index in [9.17, 15) is 4.39 Å². The zero-order valence-electron chi connectivity index (χ0n) is 13.6. The fraction of sp³-hybridized carbons (Fsp3) is 0.368. The molecule has 0 spiro atoms. The molecule has 22 heavy (non-hydrogen) atoms. The summed E-state index contributed by atoms with van der Waals surface area (Å²) in [5.41, 5.74) is 2.30. The fourth-order valence-corrected chi connectivity index (χ4v) is 2.85. The Balaban J connectivity index is 2.11. The molecule has 0 saturated heterocycles. The summed E-state index contributed by atoms with van der Waals surface area (Å²) in [6.07, 6.45) is 1.82. The molecule has 0 heterocycles. The Bertz CT molecular complexity index is 597. The van der Waals surface area contributed by atoms with Gasteiger partial charge in [-0.3, -0.25) is 0 Å². The standard InChI is InChI=1S/C19H24FNO/c1-21(2)14-17(10-15-6-4-8-18(20)12-15)11-16-7-5-9-19(13-16)22-3/h4-9,12-13,17H,10-11,14H2,1-3H3/t17-/m1/s1. The third-order valence-electron chi connectivity index (χ3n) is 3.70. The van der Waals surface area contributed by atoms with Crippen LogP contribution in [0.4, 0.5) is 4.39 Å². The minimum absolute atomic E-state index is 0.164. The van der Waals surface area contributed by atoms with Gasteiger partial charge in [-0.1, -0.05) is 24.3 Å². The molecular formula is C19H24FNO. The summed E-state index contributed by atoms with van der Waals surface area (Å²) >= 11 is 0. The summed E-state index contributed by atoms with van der Waals surface area (Å²) in [6.45, 7) is 0.966. The van der Waals surface area contributed by atoms with Gasteiger partial charge in [-0.2, -0.15) is 0 Å². The van der Waals surface area contributed by atoms with Gasteiger partial charge < -0.3 is 9.64 Å². The Morgan fingerprint density at radius 2 is 1.64 bits per heavy atom. The molecule has 0 unspecified atom stereocenters. The molecule has 0 saturated carbocycles. The first-order chi connectivity index (χ1) is 10.6. The van der Waals surface area contributed by atoms with Crippen molar-refractivity contribution in [3.8, 4) is 5.75 Å². The average Bonchev–Trinajstić information content (AvgIpc) is 2.46. The quantitative estimate of drug-likeness (QED) is 0.771. The zero-order chi connectivity index (χ0) is 15.9. The van der Waals surface area contributed by atoms with Gasteiger partial charge in [-0.15, -0.1) is 0 Å². The Kier molecular flexibility index (Phi) is 5.96. The Hall–Kier alpha value is -1.87. The molecule has 0 aliphatic carbocycles. The molecule has 0 amide bonds. The van der Waals surface area contributed by atoms with Crippen molar-refractivity contribution < 1.29 is 9.13 Å². The van der Waals surface area contributed by atoms with E-state index >= 15 is 0 Å². The van der Waals surface area contributed by atoms with Crippen molar-refractivity contribution >= 4 is 0 Å². The number of rotatable bonds is 7. The van der Waals surface area contributed by atoms with Crippen LogP contribution in [0.1, 0.15) is 11.1 Å². The number of halogens is 1. The minimum Gasteiger partial charge on any atom is -0.497 e. The molecule has 0 aliphatic rings. The highest BCUT2D eigenvalue weighted by Gasteiger charge is 2.13. The van der Waals surface area contributed by atoms with Crippen molar-refractivity contribution in [1.82, 2.24) is 4.90 Å². The number of methoxy groups -OCH3 is 1. The molecule has 0 bridgehead atoms. The lowest BCUT2D eigenvalue weighted by Crippen LogP contribution is -2.25. The van der Waals surface area contributed by atoms with E-state index in [1.54, 1.807) is 19.2 Å². The van der Waals surface area contributed by atoms with E-state index in [4.69, 9.17) is 4.74 Å². The Labute approximate surface area is 132 Å². The summed E-state index contributed by atoms with van der Waals surface area (Å²) in [7, 11) is 5.83. The summed E-state index contributed by atoms with van der Waals surface area (Å²) in [5.74, 6) is 1.15. The van der Waals surface area contributed by atoms with E-state index in [0.29, 0.717) is 5.92 Å². The molecule has 0 N–H and O–H groups in total. The lowest BCUT2D eigenvalue weighted by atomic mass is 9.92. The molecule has 2 aromatic carbocycles. The number of ether oxygens (including phenoxy) is 1. The minimum atomic E-state index is -0.164. The van der Waals surface area contributed by atoms with Crippen LogP contribution in [0.25, 0.3) is 0 Å². The summed E-state index contributed by atoms with van der Waals surface area (Å²) in [5, 5.41) is 0. The van der Waals surface area contributed by atoms with Crippen molar-refractivity contribution in [2.24, 2.45) is 5.92 Å². The van der Waals surface area contributed by atoms with Crippen LogP contribution >= 0.6 is 0 Å². The maximum absolute atomic E-state index is 13.4. The Morgan fingerprint density at radius 3 is 2.23 bits per heavy atom. The number of hydrogen-bond acceptors (Lipinski definition) is 2. The lowest BCUT2D eigenvalue weighted by Gasteiger charge is -2.21. The monoisotopic (exact) mass is 301 g/mol. The van der Waals surface area contributed by atoms with Crippen LogP contribution in [0.2, 0.25) is 0 Å². The topological polar surface area (TPSA) is 12.5 Å². The molecular weight excluding hydrogens is 277 g/mol. The smallest absolute Gasteiger partial charge is 0.123 e. The van der Waals surface area contributed by atoms with E-state index in [1.165, 1.54) is 11.6 Å². The highest BCUT2D eigenvalue weighted by atomic mass is 19.1. The van der Waals surface area contributed by atoms with Crippen LogP contribution in [0.3, 0.4) is 0 Å². The Morgan fingerprint density at radius 1 is 1.00 bits per heavy atom. The van der Waals surface area contributed by atoms with Gasteiger partial charge in [0.2, 0.25) is 0 Å². The molecule has 0 radical (unpaired) electrons. The van der Waals surface area contributed by atoms with Crippen LogP contribution in [-0.4, -0.2) is 32.6 Å². The van der Waals surface area contributed by atoms with Crippen LogP contribution in [0, 0.1) is 11.7 Å². The van der Waals surface area contributed by atoms with E-state index in [1.807, 2.05) is 18.2 Å². The van der Waals surface area contributed by atoms with Crippen molar-refractivity contribution in [1.29, 1.82) is 0 Å². The average molecular weight is 301 g/mol. The van der Waals surface area contributed by atoms with Crippen LogP contribution < -0.4 is 4.74 Å². The molecule has 3 heteroatoms. The fourth-order valence-electron chi connectivity index (χ4n) is 2.85. The third-order valence-corrected chi connectivity index (χ3v) is 3.70. The number of nitrogens with zero attached hydrogens (tertiary/aromatic N) is 1. The predicted octanol–water partition coefficient (Wildman–Crippen LogP) is 3.80. The van der Waals surface area contributed by atoms with Crippen molar-refractivity contribution in [2.45, 2.75) is 12.8 Å². The SMILES string of the molecule is COc1cccc(C[C@@H](Cc2cccc(F)c2)CN(C)C)c1. The molecule has 0 fully saturated rings. The zero-order valence-corrected chi connectivity index (χ0v) is 13.6. The van der Waals surface area contributed by atoms with E-state index in [2.05, 4.69) is 31.1 Å². The molecule has 118 valence electrons. The third kappa shape index (κ3) is 5.15. The second kappa shape index (κ2) is 7.95. The maximum atomic E-state index is 13.4. The normalized spacial score (nSPS) is 12.4.